The average molecular weight is 424 g/mol. The van der Waals surface area contributed by atoms with Gasteiger partial charge in [0, 0.05) is 5.33 Å². The van der Waals surface area contributed by atoms with E-state index >= 15 is 0 Å². The van der Waals surface area contributed by atoms with Crippen LogP contribution in [0, 0.1) is 0 Å². The van der Waals surface area contributed by atoms with Crippen LogP contribution in [0.4, 0.5) is 0 Å². The van der Waals surface area contributed by atoms with Gasteiger partial charge in [-0.05, 0) is 51.8 Å². The van der Waals surface area contributed by atoms with E-state index in [1.54, 1.807) is 7.11 Å². The van der Waals surface area contributed by atoms with Crippen LogP contribution in [0.25, 0.3) is 0 Å². The Kier molecular flexibility index (Phi) is 6.32. The molecule has 1 rings (SSSR count). The third kappa shape index (κ3) is 4.32. The van der Waals surface area contributed by atoms with Crippen molar-refractivity contribution in [1.82, 2.24) is 0 Å². The molecule has 0 aliphatic heterocycles. The van der Waals surface area contributed by atoms with Gasteiger partial charge in [0.25, 0.3) is 0 Å². The lowest BCUT2D eigenvalue weighted by atomic mass is 10.1. The first-order valence-electron chi connectivity index (χ1n) is 6.69. The van der Waals surface area contributed by atoms with Crippen molar-refractivity contribution in [3.63, 3.8) is 0 Å². The molecule has 0 saturated carbocycles. The van der Waals surface area contributed by atoms with E-state index in [0.29, 0.717) is 0 Å². The van der Waals surface area contributed by atoms with Gasteiger partial charge in [0.1, 0.15) is 5.75 Å². The van der Waals surface area contributed by atoms with Crippen LogP contribution in [0.2, 0.25) is 18.1 Å². The number of hydrogen-bond donors (Lipinski definition) is 0. The predicted molar refractivity (Wildman–Crippen MR) is 95.5 cm³/mol. The summed E-state index contributed by atoms with van der Waals surface area (Å²) in [7, 11) is -0.113. The molecule has 0 aliphatic rings. The van der Waals surface area contributed by atoms with E-state index in [0.717, 1.165) is 15.6 Å². The van der Waals surface area contributed by atoms with Crippen molar-refractivity contribution < 1.29 is 9.16 Å². The fourth-order valence-electron chi connectivity index (χ4n) is 1.60. The number of ether oxygens (including phenoxy) is 1. The highest BCUT2D eigenvalue weighted by atomic mass is 79.9. The maximum atomic E-state index is 6.50. The Balaban J connectivity index is 3.00. The van der Waals surface area contributed by atoms with Crippen LogP contribution < -0.4 is 4.74 Å². The fraction of sp³-hybridized carbons (Fsp3) is 0.600. The Bertz CT molecular complexity index is 456. The summed E-state index contributed by atoms with van der Waals surface area (Å²) in [6.45, 7) is 11.3. The van der Waals surface area contributed by atoms with Gasteiger partial charge in [-0.3, -0.25) is 0 Å². The fourth-order valence-corrected chi connectivity index (χ4v) is 4.20. The highest BCUT2D eigenvalue weighted by Gasteiger charge is 2.39. The Morgan fingerprint density at radius 3 is 2.25 bits per heavy atom. The minimum absolute atomic E-state index is 0.0677. The summed E-state index contributed by atoms with van der Waals surface area (Å²) < 4.78 is 12.7. The van der Waals surface area contributed by atoms with Gasteiger partial charge < -0.3 is 9.16 Å². The molecule has 0 amide bonds. The molecular weight excluding hydrogens is 400 g/mol. The number of hydrogen-bond acceptors (Lipinski definition) is 2. The van der Waals surface area contributed by atoms with E-state index < -0.39 is 8.32 Å². The zero-order valence-corrected chi connectivity index (χ0v) is 17.3. The summed E-state index contributed by atoms with van der Waals surface area (Å²) >= 11 is 7.12. The molecular formula is C15H24Br2O2Si. The van der Waals surface area contributed by atoms with E-state index in [2.05, 4.69) is 77.9 Å². The highest BCUT2D eigenvalue weighted by Crippen LogP contribution is 2.40. The van der Waals surface area contributed by atoms with E-state index in [4.69, 9.17) is 9.16 Å². The molecule has 1 unspecified atom stereocenters. The van der Waals surface area contributed by atoms with Crippen molar-refractivity contribution in [2.45, 2.75) is 45.0 Å². The van der Waals surface area contributed by atoms with Gasteiger partial charge in [0.05, 0.1) is 17.7 Å². The first kappa shape index (κ1) is 18.2. The number of alkyl halides is 1. The van der Waals surface area contributed by atoms with Crippen LogP contribution >= 0.6 is 31.9 Å². The van der Waals surface area contributed by atoms with E-state index in [-0.39, 0.29) is 11.1 Å². The third-order valence-electron chi connectivity index (χ3n) is 3.93. The third-order valence-corrected chi connectivity index (χ3v) is 9.62. The predicted octanol–water partition coefficient (Wildman–Crippen LogP) is 5.92. The summed E-state index contributed by atoms with van der Waals surface area (Å²) in [6, 6.07) is 6.13. The summed E-state index contributed by atoms with van der Waals surface area (Å²) in [5, 5.41) is 0.995. The second-order valence-corrected chi connectivity index (χ2v) is 12.7. The van der Waals surface area contributed by atoms with Crippen molar-refractivity contribution in [2.75, 3.05) is 12.4 Å². The second kappa shape index (κ2) is 6.94. The van der Waals surface area contributed by atoms with Crippen molar-refractivity contribution in [3.05, 3.63) is 28.2 Å². The van der Waals surface area contributed by atoms with Crippen LogP contribution in [0.3, 0.4) is 0 Å². The quantitative estimate of drug-likeness (QED) is 0.432. The lowest BCUT2D eigenvalue weighted by Crippen LogP contribution is -2.42. The summed E-state index contributed by atoms with van der Waals surface area (Å²) in [4.78, 5) is 0. The van der Waals surface area contributed by atoms with E-state index in [1.807, 2.05) is 6.07 Å². The lowest BCUT2D eigenvalue weighted by Gasteiger charge is -2.39. The van der Waals surface area contributed by atoms with E-state index in [9.17, 15) is 0 Å². The zero-order chi connectivity index (χ0) is 15.6. The van der Waals surface area contributed by atoms with Gasteiger partial charge in [-0.25, -0.2) is 0 Å². The molecule has 0 N–H and O–H groups in total. The number of halogens is 2. The lowest BCUT2D eigenvalue weighted by molar-refractivity contribution is 0.208. The number of rotatable bonds is 5. The molecule has 1 aromatic rings. The summed E-state index contributed by atoms with van der Waals surface area (Å²) in [5.41, 5.74) is 1.17. The van der Waals surface area contributed by atoms with Crippen molar-refractivity contribution >= 4 is 40.2 Å². The minimum Gasteiger partial charge on any atom is -0.496 e. The topological polar surface area (TPSA) is 18.5 Å². The minimum atomic E-state index is -1.79. The van der Waals surface area contributed by atoms with Gasteiger partial charge in [-0.15, -0.1) is 0 Å². The highest BCUT2D eigenvalue weighted by molar-refractivity contribution is 9.10. The maximum absolute atomic E-state index is 6.50. The van der Waals surface area contributed by atoms with Gasteiger partial charge >= 0.3 is 0 Å². The maximum Gasteiger partial charge on any atom is 0.192 e. The smallest absolute Gasteiger partial charge is 0.192 e. The van der Waals surface area contributed by atoms with Crippen molar-refractivity contribution in [2.24, 2.45) is 0 Å². The molecule has 1 aromatic carbocycles. The van der Waals surface area contributed by atoms with Crippen LogP contribution in [0.5, 0.6) is 5.75 Å². The molecule has 114 valence electrons. The Hall–Kier alpha value is 0.157. The Morgan fingerprint density at radius 2 is 1.85 bits per heavy atom. The van der Waals surface area contributed by atoms with Crippen molar-refractivity contribution in [1.29, 1.82) is 0 Å². The van der Waals surface area contributed by atoms with Crippen LogP contribution in [0.1, 0.15) is 32.4 Å². The summed E-state index contributed by atoms with van der Waals surface area (Å²) in [5.74, 6) is 0.842. The molecule has 0 fully saturated rings. The van der Waals surface area contributed by atoms with Gasteiger partial charge in [-0.1, -0.05) is 42.8 Å². The molecule has 0 heterocycles. The first-order valence-corrected chi connectivity index (χ1v) is 11.5. The molecule has 0 bridgehead atoms. The van der Waals surface area contributed by atoms with Crippen LogP contribution in [0.15, 0.2) is 22.7 Å². The van der Waals surface area contributed by atoms with Crippen molar-refractivity contribution in [3.8, 4) is 5.75 Å². The molecule has 0 saturated heterocycles. The SMILES string of the molecule is COc1ccc(C(CBr)O[Si](C)(C)C(C)(C)C)cc1Br. The zero-order valence-electron chi connectivity index (χ0n) is 13.1. The largest absolute Gasteiger partial charge is 0.496 e. The molecule has 0 aromatic heterocycles. The van der Waals surface area contributed by atoms with Gasteiger partial charge in [-0.2, -0.15) is 0 Å². The molecule has 0 aliphatic carbocycles. The first-order chi connectivity index (χ1) is 9.12. The Morgan fingerprint density at radius 1 is 1.25 bits per heavy atom. The van der Waals surface area contributed by atoms with Gasteiger partial charge in [0.2, 0.25) is 0 Å². The van der Waals surface area contributed by atoms with Crippen LogP contribution in [-0.4, -0.2) is 20.8 Å². The normalized spacial score (nSPS) is 14.2. The Labute approximate surface area is 140 Å². The molecule has 0 radical (unpaired) electrons. The number of benzene rings is 1. The standard InChI is InChI=1S/C15H24Br2O2Si/c1-15(2,3)20(5,6)19-14(10-16)11-7-8-13(18-4)12(17)9-11/h7-9,14H,10H2,1-6H3. The number of methoxy groups -OCH3 is 1. The molecule has 2 nitrogen and oxygen atoms in total. The average Bonchev–Trinajstić information content (AvgIpc) is 2.34. The van der Waals surface area contributed by atoms with E-state index in [1.165, 1.54) is 5.56 Å². The molecule has 5 heteroatoms. The summed E-state index contributed by atoms with van der Waals surface area (Å²) in [6.07, 6.45) is 0.0677. The molecule has 20 heavy (non-hydrogen) atoms. The molecule has 1 atom stereocenters. The monoisotopic (exact) mass is 422 g/mol. The molecule has 0 spiro atoms. The van der Waals surface area contributed by atoms with Gasteiger partial charge in [0.15, 0.2) is 8.32 Å². The van der Waals surface area contributed by atoms with Crippen LogP contribution in [-0.2, 0) is 4.43 Å². The second-order valence-electron chi connectivity index (χ2n) is 6.42.